The van der Waals surface area contributed by atoms with E-state index in [0.717, 1.165) is 0 Å². The van der Waals surface area contributed by atoms with E-state index in [1.54, 1.807) is 4.90 Å². The normalized spacial score (nSPS) is 30.2. The Balaban J connectivity index is 2.70. The van der Waals surface area contributed by atoms with Gasteiger partial charge in [0.25, 0.3) is 0 Å². The first-order valence-electron chi connectivity index (χ1n) is 6.00. The van der Waals surface area contributed by atoms with Gasteiger partial charge in [-0.1, -0.05) is 0 Å². The monoisotopic (exact) mass is 245 g/mol. The van der Waals surface area contributed by atoms with Crippen LogP contribution in [0.3, 0.4) is 0 Å². The van der Waals surface area contributed by atoms with Gasteiger partial charge in [-0.05, 0) is 34.6 Å². The van der Waals surface area contributed by atoms with Gasteiger partial charge in [-0.3, -0.25) is 0 Å². The molecule has 0 aliphatic carbocycles. The standard InChI is InChI=1S/C12H23NO4/c1-8-9(2)16-10(7-14)6-13(8)11(15)17-12(3,4)5/h8-10,14H,6-7H2,1-5H3/t8-,9+,10-/m0/s1. The zero-order valence-electron chi connectivity index (χ0n) is 11.3. The number of amides is 1. The zero-order valence-corrected chi connectivity index (χ0v) is 11.3. The molecule has 3 atom stereocenters. The van der Waals surface area contributed by atoms with E-state index < -0.39 is 5.60 Å². The highest BCUT2D eigenvalue weighted by Gasteiger charge is 2.36. The molecule has 0 saturated carbocycles. The molecule has 1 amide bonds. The lowest BCUT2D eigenvalue weighted by Crippen LogP contribution is -2.56. The number of morpholine rings is 1. The van der Waals surface area contributed by atoms with E-state index in [9.17, 15) is 4.79 Å². The molecule has 100 valence electrons. The predicted octanol–water partition coefficient (Wildman–Crippen LogP) is 1.39. The van der Waals surface area contributed by atoms with E-state index in [-0.39, 0.29) is 30.9 Å². The summed E-state index contributed by atoms with van der Waals surface area (Å²) < 4.78 is 10.9. The van der Waals surface area contributed by atoms with Gasteiger partial charge in [0.2, 0.25) is 0 Å². The lowest BCUT2D eigenvalue weighted by atomic mass is 10.1. The molecule has 1 rings (SSSR count). The number of rotatable bonds is 1. The summed E-state index contributed by atoms with van der Waals surface area (Å²) in [6.07, 6.45) is -0.777. The minimum Gasteiger partial charge on any atom is -0.444 e. The van der Waals surface area contributed by atoms with Gasteiger partial charge in [-0.15, -0.1) is 0 Å². The van der Waals surface area contributed by atoms with Crippen LogP contribution in [0.4, 0.5) is 4.79 Å². The topological polar surface area (TPSA) is 59.0 Å². The first kappa shape index (κ1) is 14.3. The average Bonchev–Trinajstić information content (AvgIpc) is 2.19. The molecule has 0 aromatic carbocycles. The highest BCUT2D eigenvalue weighted by atomic mass is 16.6. The van der Waals surface area contributed by atoms with Crippen LogP contribution in [0.2, 0.25) is 0 Å². The van der Waals surface area contributed by atoms with Crippen LogP contribution in [-0.2, 0) is 9.47 Å². The van der Waals surface area contributed by atoms with Gasteiger partial charge >= 0.3 is 6.09 Å². The molecule has 5 nitrogen and oxygen atoms in total. The Hall–Kier alpha value is -0.810. The van der Waals surface area contributed by atoms with Crippen molar-refractivity contribution in [3.63, 3.8) is 0 Å². The molecule has 1 aliphatic rings. The zero-order chi connectivity index (χ0) is 13.2. The van der Waals surface area contributed by atoms with Crippen LogP contribution < -0.4 is 0 Å². The molecular weight excluding hydrogens is 222 g/mol. The number of ether oxygens (including phenoxy) is 2. The number of aliphatic hydroxyl groups excluding tert-OH is 1. The lowest BCUT2D eigenvalue weighted by molar-refractivity contribution is -0.119. The molecule has 1 N–H and O–H groups in total. The van der Waals surface area contributed by atoms with Crippen molar-refractivity contribution >= 4 is 6.09 Å². The molecule has 1 fully saturated rings. The van der Waals surface area contributed by atoms with Crippen molar-refractivity contribution in [2.45, 2.75) is 58.5 Å². The Morgan fingerprint density at radius 3 is 2.53 bits per heavy atom. The van der Waals surface area contributed by atoms with Crippen molar-refractivity contribution in [3.05, 3.63) is 0 Å². The molecule has 5 heteroatoms. The fraction of sp³-hybridized carbons (Fsp3) is 0.917. The molecule has 0 spiro atoms. The van der Waals surface area contributed by atoms with E-state index in [2.05, 4.69) is 0 Å². The van der Waals surface area contributed by atoms with Gasteiger partial charge in [0.05, 0.1) is 31.4 Å². The Morgan fingerprint density at radius 2 is 2.06 bits per heavy atom. The Labute approximate surface area is 103 Å². The van der Waals surface area contributed by atoms with Gasteiger partial charge in [0, 0.05) is 0 Å². The predicted molar refractivity (Wildman–Crippen MR) is 63.8 cm³/mol. The quantitative estimate of drug-likeness (QED) is 0.758. The number of nitrogens with zero attached hydrogens (tertiary/aromatic N) is 1. The van der Waals surface area contributed by atoms with Gasteiger partial charge in [-0.25, -0.2) is 4.79 Å². The fourth-order valence-corrected chi connectivity index (χ4v) is 1.76. The summed E-state index contributed by atoms with van der Waals surface area (Å²) in [6, 6.07) is -0.0485. The molecule has 0 radical (unpaired) electrons. The second-order valence-corrected chi connectivity index (χ2v) is 5.52. The lowest BCUT2D eigenvalue weighted by Gasteiger charge is -2.41. The van der Waals surface area contributed by atoms with E-state index in [1.165, 1.54) is 0 Å². The maximum absolute atomic E-state index is 12.0. The van der Waals surface area contributed by atoms with Crippen molar-refractivity contribution in [1.82, 2.24) is 4.90 Å². The van der Waals surface area contributed by atoms with Gasteiger partial charge in [0.15, 0.2) is 0 Å². The highest BCUT2D eigenvalue weighted by molar-refractivity contribution is 5.68. The summed E-state index contributed by atoms with van der Waals surface area (Å²) in [4.78, 5) is 13.6. The number of carbonyl (C=O) groups is 1. The third-order valence-electron chi connectivity index (χ3n) is 2.81. The fourth-order valence-electron chi connectivity index (χ4n) is 1.76. The van der Waals surface area contributed by atoms with Gasteiger partial charge in [-0.2, -0.15) is 0 Å². The number of hydrogen-bond acceptors (Lipinski definition) is 4. The summed E-state index contributed by atoms with van der Waals surface area (Å²) in [5.74, 6) is 0. The van der Waals surface area contributed by atoms with Crippen molar-refractivity contribution in [2.24, 2.45) is 0 Å². The third-order valence-corrected chi connectivity index (χ3v) is 2.81. The van der Waals surface area contributed by atoms with Gasteiger partial charge < -0.3 is 19.5 Å². The van der Waals surface area contributed by atoms with Gasteiger partial charge in [0.1, 0.15) is 5.60 Å². The van der Waals surface area contributed by atoms with Crippen LogP contribution in [0.15, 0.2) is 0 Å². The molecule has 1 saturated heterocycles. The molecule has 0 aromatic rings. The molecule has 1 heterocycles. The third kappa shape index (κ3) is 3.85. The molecule has 0 bridgehead atoms. The van der Waals surface area contributed by atoms with Crippen molar-refractivity contribution < 1.29 is 19.4 Å². The van der Waals surface area contributed by atoms with Crippen LogP contribution >= 0.6 is 0 Å². The average molecular weight is 245 g/mol. The number of carbonyl (C=O) groups excluding carboxylic acids is 1. The summed E-state index contributed by atoms with van der Waals surface area (Å²) in [5.41, 5.74) is -0.507. The minimum absolute atomic E-state index is 0.0485. The second kappa shape index (κ2) is 5.23. The molecular formula is C12H23NO4. The summed E-state index contributed by atoms with van der Waals surface area (Å²) in [7, 11) is 0. The van der Waals surface area contributed by atoms with Crippen LogP contribution in [0.25, 0.3) is 0 Å². The largest absolute Gasteiger partial charge is 0.444 e. The van der Waals surface area contributed by atoms with E-state index in [1.807, 2.05) is 34.6 Å². The Morgan fingerprint density at radius 1 is 1.47 bits per heavy atom. The SMILES string of the molecule is C[C@H]1O[C@H](CO)CN(C(=O)OC(C)(C)C)[C@H]1C. The summed E-state index contributed by atoms with van der Waals surface area (Å²) >= 11 is 0. The smallest absolute Gasteiger partial charge is 0.410 e. The first-order valence-corrected chi connectivity index (χ1v) is 6.00. The van der Waals surface area contributed by atoms with E-state index in [4.69, 9.17) is 14.6 Å². The molecule has 1 aliphatic heterocycles. The van der Waals surface area contributed by atoms with Crippen molar-refractivity contribution in [3.8, 4) is 0 Å². The summed E-state index contributed by atoms with van der Waals surface area (Å²) in [5, 5.41) is 9.12. The number of hydrogen-bond donors (Lipinski definition) is 1. The van der Waals surface area contributed by atoms with Crippen LogP contribution in [0.1, 0.15) is 34.6 Å². The maximum atomic E-state index is 12.0. The van der Waals surface area contributed by atoms with Crippen LogP contribution in [0, 0.1) is 0 Å². The highest BCUT2D eigenvalue weighted by Crippen LogP contribution is 2.20. The number of aliphatic hydroxyl groups is 1. The summed E-state index contributed by atoms with van der Waals surface area (Å²) in [6.45, 7) is 9.61. The maximum Gasteiger partial charge on any atom is 0.410 e. The van der Waals surface area contributed by atoms with Crippen molar-refractivity contribution in [2.75, 3.05) is 13.2 Å². The Bertz CT molecular complexity index is 274. The van der Waals surface area contributed by atoms with Crippen LogP contribution in [-0.4, -0.2) is 53.1 Å². The molecule has 0 aromatic heterocycles. The van der Waals surface area contributed by atoms with E-state index in [0.29, 0.717) is 6.54 Å². The van der Waals surface area contributed by atoms with E-state index >= 15 is 0 Å². The van der Waals surface area contributed by atoms with Crippen molar-refractivity contribution in [1.29, 1.82) is 0 Å². The van der Waals surface area contributed by atoms with Crippen LogP contribution in [0.5, 0.6) is 0 Å². The second-order valence-electron chi connectivity index (χ2n) is 5.52. The minimum atomic E-state index is -0.507. The molecule has 17 heavy (non-hydrogen) atoms. The Kier molecular flexibility index (Phi) is 4.38. The molecule has 0 unspecified atom stereocenters. The first-order chi connectivity index (χ1) is 7.74.